The first-order chi connectivity index (χ1) is 15.9. The van der Waals surface area contributed by atoms with E-state index in [9.17, 15) is 4.79 Å². The molecular weight excluding hydrogens is 414 g/mol. The van der Waals surface area contributed by atoms with Gasteiger partial charge in [-0.1, -0.05) is 81.4 Å². The normalized spacial score (nSPS) is 18.2. The standard InChI is InChI=1S/C26H33N5O2/c1-26(2,3)23(30-15-20(14-27)17-33-18-22(30)32)25-28-24(21-12-8-5-9-13-21)29-31(25)16-19-10-6-4-7-11-19/h4-13,20,23H,14-18,27H2,1-3H3/t20?,23-/m0/s1. The highest BCUT2D eigenvalue weighted by Crippen LogP contribution is 2.39. The van der Waals surface area contributed by atoms with Crippen molar-refractivity contribution >= 4 is 5.91 Å². The first-order valence-electron chi connectivity index (χ1n) is 11.5. The van der Waals surface area contributed by atoms with Gasteiger partial charge in [0, 0.05) is 18.0 Å². The molecule has 2 N–H and O–H groups in total. The quantitative estimate of drug-likeness (QED) is 0.625. The topological polar surface area (TPSA) is 86.3 Å². The maximum Gasteiger partial charge on any atom is 0.249 e. The fourth-order valence-corrected chi connectivity index (χ4v) is 4.35. The highest BCUT2D eigenvalue weighted by atomic mass is 16.5. The largest absolute Gasteiger partial charge is 0.371 e. The summed E-state index contributed by atoms with van der Waals surface area (Å²) in [5.41, 5.74) is 7.78. The molecular formula is C26H33N5O2. The van der Waals surface area contributed by atoms with Crippen LogP contribution in [0.5, 0.6) is 0 Å². The van der Waals surface area contributed by atoms with Crippen molar-refractivity contribution in [2.24, 2.45) is 17.1 Å². The third kappa shape index (κ3) is 5.31. The van der Waals surface area contributed by atoms with Gasteiger partial charge in [0.05, 0.1) is 19.2 Å². The van der Waals surface area contributed by atoms with Crippen LogP contribution >= 0.6 is 0 Å². The first-order valence-corrected chi connectivity index (χ1v) is 11.5. The minimum Gasteiger partial charge on any atom is -0.371 e. The van der Waals surface area contributed by atoms with Crippen LogP contribution in [0.4, 0.5) is 0 Å². The number of hydrogen-bond acceptors (Lipinski definition) is 5. The SMILES string of the molecule is CC(C)(C)[C@H](c1nc(-c2ccccc2)nn1Cc1ccccc1)N1CC(CN)COCC1=O. The van der Waals surface area contributed by atoms with Crippen molar-refractivity contribution in [3.63, 3.8) is 0 Å². The van der Waals surface area contributed by atoms with Gasteiger partial charge in [0.25, 0.3) is 0 Å². The zero-order valence-electron chi connectivity index (χ0n) is 19.6. The molecule has 1 amide bonds. The van der Waals surface area contributed by atoms with Gasteiger partial charge in [0.1, 0.15) is 6.61 Å². The molecule has 7 heteroatoms. The Kier molecular flexibility index (Phi) is 6.91. The summed E-state index contributed by atoms with van der Waals surface area (Å²) >= 11 is 0. The number of aromatic nitrogens is 3. The maximum atomic E-state index is 13.2. The van der Waals surface area contributed by atoms with E-state index >= 15 is 0 Å². The fraction of sp³-hybridized carbons (Fsp3) is 0.423. The molecule has 2 aromatic carbocycles. The van der Waals surface area contributed by atoms with Crippen molar-refractivity contribution in [1.82, 2.24) is 19.7 Å². The van der Waals surface area contributed by atoms with Crippen molar-refractivity contribution in [3.8, 4) is 11.4 Å². The second-order valence-electron chi connectivity index (χ2n) is 9.73. The van der Waals surface area contributed by atoms with E-state index in [1.54, 1.807) is 0 Å². The third-order valence-electron chi connectivity index (χ3n) is 5.97. The molecule has 0 radical (unpaired) electrons. The van der Waals surface area contributed by atoms with Gasteiger partial charge in [-0.25, -0.2) is 9.67 Å². The Morgan fingerprint density at radius 1 is 1.09 bits per heavy atom. The molecule has 1 fully saturated rings. The zero-order chi connectivity index (χ0) is 23.4. The van der Waals surface area contributed by atoms with E-state index in [1.807, 2.05) is 58.1 Å². The second kappa shape index (κ2) is 9.85. The van der Waals surface area contributed by atoms with Crippen LogP contribution in [-0.4, -0.2) is 51.9 Å². The van der Waals surface area contributed by atoms with Crippen molar-refractivity contribution in [1.29, 1.82) is 0 Å². The van der Waals surface area contributed by atoms with E-state index < -0.39 is 0 Å². The first kappa shape index (κ1) is 23.1. The van der Waals surface area contributed by atoms with Crippen LogP contribution in [-0.2, 0) is 16.1 Å². The molecule has 3 aromatic rings. The van der Waals surface area contributed by atoms with Gasteiger partial charge in [-0.15, -0.1) is 0 Å². The summed E-state index contributed by atoms with van der Waals surface area (Å²) in [6.07, 6.45) is 0. The zero-order valence-corrected chi connectivity index (χ0v) is 19.6. The summed E-state index contributed by atoms with van der Waals surface area (Å²) < 4.78 is 7.57. The molecule has 1 unspecified atom stereocenters. The minimum atomic E-state index is -0.283. The van der Waals surface area contributed by atoms with Gasteiger partial charge >= 0.3 is 0 Å². The Labute approximate surface area is 195 Å². The molecule has 174 valence electrons. The van der Waals surface area contributed by atoms with Gasteiger partial charge in [-0.2, -0.15) is 5.10 Å². The molecule has 33 heavy (non-hydrogen) atoms. The molecule has 0 spiro atoms. The lowest BCUT2D eigenvalue weighted by Gasteiger charge is -2.39. The highest BCUT2D eigenvalue weighted by Gasteiger charge is 2.40. The number of amides is 1. The summed E-state index contributed by atoms with van der Waals surface area (Å²) in [5.74, 6) is 1.47. The Hall–Kier alpha value is -3.03. The number of ether oxygens (including phenoxy) is 1. The molecule has 4 rings (SSSR count). The molecule has 1 aliphatic rings. The molecule has 1 saturated heterocycles. The third-order valence-corrected chi connectivity index (χ3v) is 5.97. The number of benzene rings is 2. The average Bonchev–Trinajstić information content (AvgIpc) is 3.11. The molecule has 1 aromatic heterocycles. The molecule has 2 atom stereocenters. The van der Waals surface area contributed by atoms with E-state index in [-0.39, 0.29) is 29.9 Å². The summed E-state index contributed by atoms with van der Waals surface area (Å²) in [6, 6.07) is 19.9. The number of nitrogens with two attached hydrogens (primary N) is 1. The molecule has 0 saturated carbocycles. The monoisotopic (exact) mass is 447 g/mol. The van der Waals surface area contributed by atoms with Crippen LogP contribution < -0.4 is 5.73 Å². The van der Waals surface area contributed by atoms with Crippen LogP contribution in [0.15, 0.2) is 60.7 Å². The average molecular weight is 448 g/mol. The van der Waals surface area contributed by atoms with Crippen LogP contribution in [0.2, 0.25) is 0 Å². The van der Waals surface area contributed by atoms with Gasteiger partial charge in [-0.3, -0.25) is 4.79 Å². The molecule has 1 aliphatic heterocycles. The van der Waals surface area contributed by atoms with Crippen LogP contribution in [0.25, 0.3) is 11.4 Å². The fourth-order valence-electron chi connectivity index (χ4n) is 4.35. The van der Waals surface area contributed by atoms with Crippen molar-refractivity contribution < 1.29 is 9.53 Å². The number of hydrogen-bond donors (Lipinski definition) is 1. The van der Waals surface area contributed by atoms with E-state index in [2.05, 4.69) is 32.9 Å². The molecule has 0 aliphatic carbocycles. The Morgan fingerprint density at radius 3 is 2.39 bits per heavy atom. The summed E-state index contributed by atoms with van der Waals surface area (Å²) in [4.78, 5) is 20.1. The molecule has 0 bridgehead atoms. The summed E-state index contributed by atoms with van der Waals surface area (Å²) in [6.45, 7) is 8.53. The maximum absolute atomic E-state index is 13.2. The van der Waals surface area contributed by atoms with Crippen molar-refractivity contribution in [2.75, 3.05) is 26.3 Å². The second-order valence-corrected chi connectivity index (χ2v) is 9.73. The Morgan fingerprint density at radius 2 is 1.76 bits per heavy atom. The minimum absolute atomic E-state index is 0.0404. The van der Waals surface area contributed by atoms with E-state index in [0.717, 1.165) is 17.0 Å². The van der Waals surface area contributed by atoms with E-state index in [4.69, 9.17) is 20.6 Å². The predicted molar refractivity (Wildman–Crippen MR) is 128 cm³/mol. The van der Waals surface area contributed by atoms with Gasteiger partial charge < -0.3 is 15.4 Å². The molecule has 2 heterocycles. The summed E-state index contributed by atoms with van der Waals surface area (Å²) in [5, 5.41) is 4.90. The van der Waals surface area contributed by atoms with Gasteiger partial charge in [0.2, 0.25) is 5.91 Å². The summed E-state index contributed by atoms with van der Waals surface area (Å²) in [7, 11) is 0. The highest BCUT2D eigenvalue weighted by molar-refractivity contribution is 5.78. The van der Waals surface area contributed by atoms with Crippen molar-refractivity contribution in [3.05, 3.63) is 72.1 Å². The Balaban J connectivity index is 1.83. The van der Waals surface area contributed by atoms with E-state index in [1.165, 1.54) is 0 Å². The predicted octanol–water partition coefficient (Wildman–Crippen LogP) is 3.51. The van der Waals surface area contributed by atoms with Crippen LogP contribution in [0.3, 0.4) is 0 Å². The van der Waals surface area contributed by atoms with Gasteiger partial charge in [-0.05, 0) is 17.5 Å². The van der Waals surface area contributed by atoms with E-state index in [0.29, 0.717) is 32.1 Å². The van der Waals surface area contributed by atoms with Crippen molar-refractivity contribution in [2.45, 2.75) is 33.4 Å². The smallest absolute Gasteiger partial charge is 0.249 e. The number of rotatable bonds is 6. The number of carbonyl (C=O) groups excluding carboxylic acids is 1. The van der Waals surface area contributed by atoms with Gasteiger partial charge in [0.15, 0.2) is 11.6 Å². The molecule has 7 nitrogen and oxygen atoms in total. The number of carbonyl (C=O) groups is 1. The number of nitrogens with zero attached hydrogens (tertiary/aromatic N) is 4. The Bertz CT molecular complexity index is 1060. The lowest BCUT2D eigenvalue weighted by molar-refractivity contribution is -0.139. The lowest BCUT2D eigenvalue weighted by Crippen LogP contribution is -2.45. The van der Waals surface area contributed by atoms with Crippen LogP contribution in [0, 0.1) is 11.3 Å². The van der Waals surface area contributed by atoms with Crippen LogP contribution in [0.1, 0.15) is 38.2 Å². The lowest BCUT2D eigenvalue weighted by atomic mass is 9.84.